The number of hydrogen-bond acceptors (Lipinski definition) is 3. The van der Waals surface area contributed by atoms with E-state index in [1.807, 2.05) is 34.0 Å². The van der Waals surface area contributed by atoms with Crippen molar-refractivity contribution >= 4 is 23.1 Å². The molecule has 0 aromatic carbocycles. The van der Waals surface area contributed by atoms with Gasteiger partial charge in [0.15, 0.2) is 0 Å². The van der Waals surface area contributed by atoms with Crippen LogP contribution in [0.5, 0.6) is 0 Å². The molecular formula is C12H20N4OS. The molecule has 1 heterocycles. The Labute approximate surface area is 113 Å². The Balaban J connectivity index is 2.65. The maximum absolute atomic E-state index is 12.0. The molecule has 0 spiro atoms. The van der Waals surface area contributed by atoms with Crippen LogP contribution in [0.2, 0.25) is 0 Å². The third-order valence-corrected chi connectivity index (χ3v) is 3.08. The molecule has 0 fully saturated rings. The van der Waals surface area contributed by atoms with E-state index in [0.29, 0.717) is 6.54 Å². The van der Waals surface area contributed by atoms with Crippen LogP contribution >= 0.6 is 12.2 Å². The molecule has 0 aliphatic carbocycles. The fourth-order valence-corrected chi connectivity index (χ4v) is 2.25. The molecule has 0 aliphatic rings. The standard InChI is InChI=1S/C12H20N4OS/c1-7(2)10(11(13)18)12(17)14-5-9-6-16(4)15-8(9)3/h6-7,10H,5H2,1-4H3,(H2,13,18)(H,14,17). The maximum Gasteiger partial charge on any atom is 0.230 e. The monoisotopic (exact) mass is 268 g/mol. The molecule has 5 nitrogen and oxygen atoms in total. The van der Waals surface area contributed by atoms with Crippen molar-refractivity contribution in [2.45, 2.75) is 27.3 Å². The van der Waals surface area contributed by atoms with Crippen molar-refractivity contribution in [3.05, 3.63) is 17.5 Å². The van der Waals surface area contributed by atoms with Gasteiger partial charge in [0.2, 0.25) is 5.91 Å². The van der Waals surface area contributed by atoms with Crippen molar-refractivity contribution in [3.8, 4) is 0 Å². The van der Waals surface area contributed by atoms with E-state index in [0.717, 1.165) is 11.3 Å². The summed E-state index contributed by atoms with van der Waals surface area (Å²) in [6.07, 6.45) is 1.89. The second kappa shape index (κ2) is 5.95. The van der Waals surface area contributed by atoms with Crippen LogP contribution in [0.3, 0.4) is 0 Å². The third kappa shape index (κ3) is 3.53. The number of nitrogens with one attached hydrogen (secondary N) is 1. The van der Waals surface area contributed by atoms with Crippen molar-refractivity contribution in [1.29, 1.82) is 0 Å². The van der Waals surface area contributed by atoms with Crippen LogP contribution in [0.4, 0.5) is 0 Å². The second-order valence-electron chi connectivity index (χ2n) is 4.76. The number of nitrogens with zero attached hydrogens (tertiary/aromatic N) is 2. The zero-order chi connectivity index (χ0) is 13.9. The van der Waals surface area contributed by atoms with Gasteiger partial charge in [0.1, 0.15) is 0 Å². The minimum Gasteiger partial charge on any atom is -0.393 e. The first-order valence-corrected chi connectivity index (χ1v) is 6.30. The summed E-state index contributed by atoms with van der Waals surface area (Å²) in [5.74, 6) is -0.449. The number of rotatable bonds is 5. The minimum atomic E-state index is -0.419. The van der Waals surface area contributed by atoms with Gasteiger partial charge in [-0.1, -0.05) is 26.1 Å². The highest BCUT2D eigenvalue weighted by Crippen LogP contribution is 2.12. The first kappa shape index (κ1) is 14.6. The Bertz CT molecular complexity index is 453. The smallest absolute Gasteiger partial charge is 0.230 e. The molecule has 0 bridgehead atoms. The van der Waals surface area contributed by atoms with Gasteiger partial charge in [0.05, 0.1) is 16.6 Å². The van der Waals surface area contributed by atoms with Crippen LogP contribution in [0.15, 0.2) is 6.20 Å². The molecular weight excluding hydrogens is 248 g/mol. The van der Waals surface area contributed by atoms with Gasteiger partial charge >= 0.3 is 0 Å². The minimum absolute atomic E-state index is 0.0949. The highest BCUT2D eigenvalue weighted by Gasteiger charge is 2.24. The zero-order valence-corrected chi connectivity index (χ0v) is 12.0. The molecule has 100 valence electrons. The highest BCUT2D eigenvalue weighted by molar-refractivity contribution is 7.80. The maximum atomic E-state index is 12.0. The molecule has 0 aliphatic heterocycles. The van der Waals surface area contributed by atoms with E-state index in [1.54, 1.807) is 4.68 Å². The lowest BCUT2D eigenvalue weighted by atomic mass is 9.95. The number of aromatic nitrogens is 2. The van der Waals surface area contributed by atoms with Crippen LogP contribution in [0.1, 0.15) is 25.1 Å². The summed E-state index contributed by atoms with van der Waals surface area (Å²) in [6, 6.07) is 0. The molecule has 1 unspecified atom stereocenters. The summed E-state index contributed by atoms with van der Waals surface area (Å²) >= 11 is 4.93. The number of carbonyl (C=O) groups excluding carboxylic acids is 1. The van der Waals surface area contributed by atoms with E-state index in [9.17, 15) is 4.79 Å². The summed E-state index contributed by atoms with van der Waals surface area (Å²) in [6.45, 7) is 6.22. The molecule has 1 aromatic rings. The summed E-state index contributed by atoms with van der Waals surface area (Å²) in [5.41, 5.74) is 7.50. The lowest BCUT2D eigenvalue weighted by Gasteiger charge is -2.18. The first-order chi connectivity index (χ1) is 8.32. The van der Waals surface area contributed by atoms with Crippen molar-refractivity contribution in [1.82, 2.24) is 15.1 Å². The molecule has 1 rings (SSSR count). The SMILES string of the molecule is Cc1nn(C)cc1CNC(=O)C(C(N)=S)C(C)C. The van der Waals surface area contributed by atoms with E-state index in [4.69, 9.17) is 18.0 Å². The molecule has 1 amide bonds. The van der Waals surface area contributed by atoms with E-state index in [-0.39, 0.29) is 16.8 Å². The molecule has 0 saturated heterocycles. The predicted octanol–water partition coefficient (Wildman–Crippen LogP) is 0.903. The summed E-state index contributed by atoms with van der Waals surface area (Å²) in [5, 5.41) is 7.08. The lowest BCUT2D eigenvalue weighted by Crippen LogP contribution is -2.40. The van der Waals surface area contributed by atoms with Crippen molar-refractivity contribution < 1.29 is 4.79 Å². The average Bonchev–Trinajstić information content (AvgIpc) is 2.53. The van der Waals surface area contributed by atoms with Crippen LogP contribution in [0.25, 0.3) is 0 Å². The van der Waals surface area contributed by atoms with Gasteiger partial charge in [-0.25, -0.2) is 0 Å². The number of aryl methyl sites for hydroxylation is 2. The normalized spacial score (nSPS) is 12.5. The molecule has 6 heteroatoms. The lowest BCUT2D eigenvalue weighted by molar-refractivity contribution is -0.124. The van der Waals surface area contributed by atoms with Gasteiger partial charge in [-0.05, 0) is 12.8 Å². The Morgan fingerprint density at radius 1 is 1.61 bits per heavy atom. The summed E-state index contributed by atoms with van der Waals surface area (Å²) in [7, 11) is 1.85. The zero-order valence-electron chi connectivity index (χ0n) is 11.2. The van der Waals surface area contributed by atoms with Gasteiger partial charge in [0.25, 0.3) is 0 Å². The molecule has 1 aromatic heterocycles. The topological polar surface area (TPSA) is 72.9 Å². The fraction of sp³-hybridized carbons (Fsp3) is 0.583. The number of carbonyl (C=O) groups is 1. The Morgan fingerprint density at radius 2 is 2.22 bits per heavy atom. The van der Waals surface area contributed by atoms with Crippen LogP contribution < -0.4 is 11.1 Å². The Hall–Kier alpha value is -1.43. The van der Waals surface area contributed by atoms with Crippen LogP contribution in [0, 0.1) is 18.8 Å². The second-order valence-corrected chi connectivity index (χ2v) is 5.23. The predicted molar refractivity (Wildman–Crippen MR) is 74.9 cm³/mol. The van der Waals surface area contributed by atoms with Gasteiger partial charge in [-0.3, -0.25) is 9.48 Å². The summed E-state index contributed by atoms with van der Waals surface area (Å²) < 4.78 is 1.73. The van der Waals surface area contributed by atoms with Crippen LogP contribution in [-0.2, 0) is 18.4 Å². The van der Waals surface area contributed by atoms with Gasteiger partial charge in [-0.15, -0.1) is 0 Å². The van der Waals surface area contributed by atoms with Crippen molar-refractivity contribution in [2.24, 2.45) is 24.6 Å². The molecule has 1 atom stereocenters. The molecule has 3 N–H and O–H groups in total. The highest BCUT2D eigenvalue weighted by atomic mass is 32.1. The Kier molecular flexibility index (Phi) is 4.84. The molecule has 18 heavy (non-hydrogen) atoms. The number of amides is 1. The van der Waals surface area contributed by atoms with E-state index in [2.05, 4.69) is 10.4 Å². The first-order valence-electron chi connectivity index (χ1n) is 5.89. The van der Waals surface area contributed by atoms with Gasteiger partial charge in [0, 0.05) is 25.4 Å². The number of hydrogen-bond donors (Lipinski definition) is 2. The molecule has 0 radical (unpaired) electrons. The van der Waals surface area contributed by atoms with Gasteiger partial charge in [-0.2, -0.15) is 5.10 Å². The molecule has 0 saturated carbocycles. The Morgan fingerprint density at radius 3 is 2.61 bits per heavy atom. The average molecular weight is 268 g/mol. The van der Waals surface area contributed by atoms with E-state index < -0.39 is 5.92 Å². The number of nitrogens with two attached hydrogens (primary N) is 1. The number of thiocarbonyl (C=S) groups is 1. The quantitative estimate of drug-likeness (QED) is 0.778. The van der Waals surface area contributed by atoms with Crippen molar-refractivity contribution in [3.63, 3.8) is 0 Å². The third-order valence-electron chi connectivity index (χ3n) is 2.82. The van der Waals surface area contributed by atoms with Crippen LogP contribution in [-0.4, -0.2) is 20.7 Å². The van der Waals surface area contributed by atoms with E-state index >= 15 is 0 Å². The largest absolute Gasteiger partial charge is 0.393 e. The van der Waals surface area contributed by atoms with Crippen molar-refractivity contribution in [2.75, 3.05) is 0 Å². The van der Waals surface area contributed by atoms with E-state index in [1.165, 1.54) is 0 Å². The van der Waals surface area contributed by atoms with Gasteiger partial charge < -0.3 is 11.1 Å². The summed E-state index contributed by atoms with van der Waals surface area (Å²) in [4.78, 5) is 12.3. The fourth-order valence-electron chi connectivity index (χ4n) is 1.87.